The molecule has 1 N–H and O–H groups in total. The zero-order valence-electron chi connectivity index (χ0n) is 7.11. The molecule has 0 atom stereocenters. The highest BCUT2D eigenvalue weighted by Crippen LogP contribution is 2.04. The van der Waals surface area contributed by atoms with Gasteiger partial charge in [-0.3, -0.25) is 4.79 Å². The normalized spacial score (nSPS) is 10.4. The van der Waals surface area contributed by atoms with E-state index in [-0.39, 0.29) is 5.56 Å². The molecule has 0 heterocycles. The van der Waals surface area contributed by atoms with E-state index >= 15 is 0 Å². The molecular weight excluding hydrogens is 187 g/mol. The van der Waals surface area contributed by atoms with Crippen LogP contribution in [0.1, 0.15) is 10.4 Å². The molecule has 0 amide bonds. The van der Waals surface area contributed by atoms with Gasteiger partial charge in [-0.05, 0) is 18.2 Å². The van der Waals surface area contributed by atoms with Gasteiger partial charge in [-0.2, -0.15) is 0 Å². The average Bonchev–Trinajstić information content (AvgIpc) is 2.14. The zero-order chi connectivity index (χ0) is 10.6. The summed E-state index contributed by atoms with van der Waals surface area (Å²) in [6, 6.07) is 5.06. The van der Waals surface area contributed by atoms with E-state index < -0.39 is 17.6 Å². The van der Waals surface area contributed by atoms with Gasteiger partial charge in [0.05, 0.1) is 0 Å². The number of hydrogen-bond acceptors (Lipinski definition) is 2. The lowest BCUT2D eigenvalue weighted by Gasteiger charge is -1.94. The molecule has 0 aliphatic carbocycles. The third-order valence-electron chi connectivity index (χ3n) is 1.49. The van der Waals surface area contributed by atoms with Gasteiger partial charge in [0.25, 0.3) is 0 Å². The third-order valence-corrected chi connectivity index (χ3v) is 1.49. The lowest BCUT2D eigenvalue weighted by atomic mass is 10.1. The molecule has 0 bridgehead atoms. The van der Waals surface area contributed by atoms with Gasteiger partial charge in [-0.25, -0.2) is 9.18 Å². The topological polar surface area (TPSA) is 54.4 Å². The Morgan fingerprint density at radius 3 is 2.57 bits per heavy atom. The highest BCUT2D eigenvalue weighted by molar-refractivity contribution is 6.06. The summed E-state index contributed by atoms with van der Waals surface area (Å²) >= 11 is 0. The Kier molecular flexibility index (Phi) is 3.12. The van der Waals surface area contributed by atoms with E-state index in [4.69, 9.17) is 5.11 Å². The molecule has 72 valence electrons. The van der Waals surface area contributed by atoms with E-state index in [1.807, 2.05) is 0 Å². The van der Waals surface area contributed by atoms with Crippen molar-refractivity contribution in [3.8, 4) is 0 Å². The molecule has 4 heteroatoms. The molecule has 0 aliphatic heterocycles. The highest BCUT2D eigenvalue weighted by Gasteiger charge is 2.02. The minimum absolute atomic E-state index is 0.127. The fourth-order valence-corrected chi connectivity index (χ4v) is 0.885. The van der Waals surface area contributed by atoms with Crippen LogP contribution in [0.3, 0.4) is 0 Å². The van der Waals surface area contributed by atoms with E-state index in [0.29, 0.717) is 6.08 Å². The quantitative estimate of drug-likeness (QED) is 0.588. The maximum absolute atomic E-state index is 12.6. The Bertz CT molecular complexity index is 396. The van der Waals surface area contributed by atoms with Crippen LogP contribution in [0.5, 0.6) is 0 Å². The second kappa shape index (κ2) is 4.32. The lowest BCUT2D eigenvalue weighted by Crippen LogP contribution is -1.96. The Morgan fingerprint density at radius 2 is 2.00 bits per heavy atom. The van der Waals surface area contributed by atoms with Crippen LogP contribution in [0.15, 0.2) is 36.4 Å². The van der Waals surface area contributed by atoms with Gasteiger partial charge in [-0.1, -0.05) is 12.1 Å². The summed E-state index contributed by atoms with van der Waals surface area (Å²) in [5.41, 5.74) is 0.127. The molecule has 0 spiro atoms. The molecule has 0 saturated carbocycles. The largest absolute Gasteiger partial charge is 0.478 e. The number of hydrogen-bond donors (Lipinski definition) is 1. The first-order valence-corrected chi connectivity index (χ1v) is 3.80. The summed E-state index contributed by atoms with van der Waals surface area (Å²) in [6.07, 6.45) is 1.60. The second-order valence-corrected chi connectivity index (χ2v) is 2.55. The summed E-state index contributed by atoms with van der Waals surface area (Å²) < 4.78 is 12.6. The summed E-state index contributed by atoms with van der Waals surface area (Å²) in [6.45, 7) is 0. The van der Waals surface area contributed by atoms with Crippen LogP contribution >= 0.6 is 0 Å². The number of aliphatic carboxylic acids is 1. The zero-order valence-corrected chi connectivity index (χ0v) is 7.11. The molecule has 1 aromatic rings. The summed E-state index contributed by atoms with van der Waals surface area (Å²) in [5.74, 6) is -2.28. The number of carbonyl (C=O) groups excluding carboxylic acids is 1. The lowest BCUT2D eigenvalue weighted by molar-refractivity contribution is -0.131. The summed E-state index contributed by atoms with van der Waals surface area (Å²) in [5, 5.41) is 8.25. The van der Waals surface area contributed by atoms with Crippen LogP contribution < -0.4 is 0 Å². The molecular formula is C10H7FO3. The number of carbonyl (C=O) groups is 2. The Balaban J connectivity index is 2.85. The predicted molar refractivity (Wildman–Crippen MR) is 47.5 cm³/mol. The minimum Gasteiger partial charge on any atom is -0.478 e. The number of carboxylic acids is 1. The maximum Gasteiger partial charge on any atom is 0.328 e. The molecule has 0 aliphatic rings. The van der Waals surface area contributed by atoms with Gasteiger partial charge in [-0.15, -0.1) is 0 Å². The molecule has 0 fully saturated rings. The first kappa shape index (κ1) is 10.1. The summed E-state index contributed by atoms with van der Waals surface area (Å²) in [7, 11) is 0. The van der Waals surface area contributed by atoms with Crippen LogP contribution in [-0.4, -0.2) is 16.9 Å². The van der Waals surface area contributed by atoms with E-state index in [1.54, 1.807) is 0 Å². The van der Waals surface area contributed by atoms with Gasteiger partial charge < -0.3 is 5.11 Å². The Hall–Kier alpha value is -1.97. The van der Waals surface area contributed by atoms with Crippen molar-refractivity contribution in [3.05, 3.63) is 47.8 Å². The molecule has 0 aromatic heterocycles. The van der Waals surface area contributed by atoms with Crippen molar-refractivity contribution < 1.29 is 19.1 Å². The van der Waals surface area contributed by atoms with Crippen molar-refractivity contribution in [2.75, 3.05) is 0 Å². The molecule has 14 heavy (non-hydrogen) atoms. The van der Waals surface area contributed by atoms with Gasteiger partial charge >= 0.3 is 5.97 Å². The Morgan fingerprint density at radius 1 is 1.29 bits per heavy atom. The molecule has 0 radical (unpaired) electrons. The summed E-state index contributed by atoms with van der Waals surface area (Å²) in [4.78, 5) is 21.3. The minimum atomic E-state index is -1.21. The van der Waals surface area contributed by atoms with Gasteiger partial charge in [0.15, 0.2) is 5.78 Å². The fraction of sp³-hybridized carbons (Fsp3) is 0. The van der Waals surface area contributed by atoms with E-state index in [1.165, 1.54) is 18.2 Å². The number of halogens is 1. The van der Waals surface area contributed by atoms with Crippen LogP contribution in [-0.2, 0) is 4.79 Å². The number of allylic oxidation sites excluding steroid dienone is 1. The highest BCUT2D eigenvalue weighted by atomic mass is 19.1. The van der Waals surface area contributed by atoms with Crippen LogP contribution in [0, 0.1) is 5.82 Å². The molecule has 1 aromatic carbocycles. The van der Waals surface area contributed by atoms with Gasteiger partial charge in [0, 0.05) is 11.6 Å². The van der Waals surface area contributed by atoms with Crippen molar-refractivity contribution in [2.45, 2.75) is 0 Å². The average molecular weight is 194 g/mol. The van der Waals surface area contributed by atoms with E-state index in [9.17, 15) is 14.0 Å². The van der Waals surface area contributed by atoms with Crippen molar-refractivity contribution >= 4 is 11.8 Å². The first-order valence-electron chi connectivity index (χ1n) is 3.80. The van der Waals surface area contributed by atoms with Gasteiger partial charge in [0.1, 0.15) is 5.82 Å². The molecule has 0 unspecified atom stereocenters. The standard InChI is InChI=1S/C10H7FO3/c11-8-3-1-2-7(6-8)9(12)4-5-10(13)14/h1-6H,(H,13,14)/b5-4+. The molecule has 0 saturated heterocycles. The van der Waals surface area contributed by atoms with Crippen LogP contribution in [0.4, 0.5) is 4.39 Å². The van der Waals surface area contributed by atoms with E-state index in [2.05, 4.69) is 0 Å². The number of carboxylic acid groups (broad SMARTS) is 1. The van der Waals surface area contributed by atoms with Crippen LogP contribution in [0.2, 0.25) is 0 Å². The van der Waals surface area contributed by atoms with Crippen molar-refractivity contribution in [2.24, 2.45) is 0 Å². The second-order valence-electron chi connectivity index (χ2n) is 2.55. The smallest absolute Gasteiger partial charge is 0.328 e. The first-order chi connectivity index (χ1) is 6.59. The number of ketones is 1. The van der Waals surface area contributed by atoms with E-state index in [0.717, 1.165) is 12.1 Å². The third kappa shape index (κ3) is 2.82. The van der Waals surface area contributed by atoms with Crippen molar-refractivity contribution in [1.82, 2.24) is 0 Å². The SMILES string of the molecule is O=C(O)/C=C/C(=O)c1cccc(F)c1. The van der Waals surface area contributed by atoms with Crippen molar-refractivity contribution in [3.63, 3.8) is 0 Å². The monoisotopic (exact) mass is 194 g/mol. The molecule has 1 rings (SSSR count). The molecule has 3 nitrogen and oxygen atoms in total. The number of rotatable bonds is 3. The maximum atomic E-state index is 12.6. The van der Waals surface area contributed by atoms with Crippen LogP contribution in [0.25, 0.3) is 0 Å². The number of benzene rings is 1. The van der Waals surface area contributed by atoms with Gasteiger partial charge in [0.2, 0.25) is 0 Å². The fourth-order valence-electron chi connectivity index (χ4n) is 0.885. The predicted octanol–water partition coefficient (Wildman–Crippen LogP) is 1.65. The van der Waals surface area contributed by atoms with Crippen molar-refractivity contribution in [1.29, 1.82) is 0 Å². The Labute approximate surface area is 79.5 Å².